The lowest BCUT2D eigenvalue weighted by Gasteiger charge is -2.18. The van der Waals surface area contributed by atoms with Crippen LogP contribution in [-0.2, 0) is 4.74 Å². The molecule has 1 fully saturated rings. The minimum atomic E-state index is 0.0542. The molecule has 0 aliphatic carbocycles. The van der Waals surface area contributed by atoms with Gasteiger partial charge in [0.1, 0.15) is 5.82 Å². The summed E-state index contributed by atoms with van der Waals surface area (Å²) >= 11 is 0. The highest BCUT2D eigenvalue weighted by molar-refractivity contribution is 5.94. The fraction of sp³-hybridized carbons (Fsp3) is 0.364. The molecule has 0 saturated carbocycles. The van der Waals surface area contributed by atoms with Gasteiger partial charge in [0, 0.05) is 31.3 Å². The standard InChI is InChI=1S/C22H25N3O2/c1-25(14-4-6-18-7-5-15-27-18)22(26)17-12-10-16(11-13-17)21-23-19-8-2-3-9-20(19)24-21/h2-3,8-13,18H,4-7,14-15H2,1H3,(H,23,24)/t18-/m0/s1. The number of aromatic nitrogens is 2. The average Bonchev–Trinajstić information content (AvgIpc) is 3.37. The van der Waals surface area contributed by atoms with Crippen molar-refractivity contribution in [2.45, 2.75) is 31.8 Å². The molecule has 0 spiro atoms. The van der Waals surface area contributed by atoms with Crippen LogP contribution >= 0.6 is 0 Å². The zero-order chi connectivity index (χ0) is 18.6. The fourth-order valence-electron chi connectivity index (χ4n) is 3.61. The second-order valence-electron chi connectivity index (χ2n) is 7.18. The van der Waals surface area contributed by atoms with Crippen LogP contribution in [0.4, 0.5) is 0 Å². The largest absolute Gasteiger partial charge is 0.378 e. The molecule has 5 nitrogen and oxygen atoms in total. The second-order valence-corrected chi connectivity index (χ2v) is 7.18. The third-order valence-electron chi connectivity index (χ3n) is 5.18. The second kappa shape index (κ2) is 7.92. The number of benzene rings is 2. The van der Waals surface area contributed by atoms with Crippen LogP contribution in [0.3, 0.4) is 0 Å². The highest BCUT2D eigenvalue weighted by Crippen LogP contribution is 2.21. The number of rotatable bonds is 6. The zero-order valence-corrected chi connectivity index (χ0v) is 15.6. The molecule has 27 heavy (non-hydrogen) atoms. The fourth-order valence-corrected chi connectivity index (χ4v) is 3.61. The summed E-state index contributed by atoms with van der Waals surface area (Å²) in [6, 6.07) is 15.6. The number of carbonyl (C=O) groups is 1. The zero-order valence-electron chi connectivity index (χ0n) is 15.6. The molecule has 1 N–H and O–H groups in total. The Labute approximate surface area is 159 Å². The summed E-state index contributed by atoms with van der Waals surface area (Å²) < 4.78 is 5.64. The summed E-state index contributed by atoms with van der Waals surface area (Å²) in [5, 5.41) is 0. The van der Waals surface area contributed by atoms with Crippen molar-refractivity contribution in [2.75, 3.05) is 20.2 Å². The van der Waals surface area contributed by atoms with Gasteiger partial charge in [-0.3, -0.25) is 4.79 Å². The normalized spacial score (nSPS) is 16.7. The molecular formula is C22H25N3O2. The van der Waals surface area contributed by atoms with Crippen molar-refractivity contribution < 1.29 is 9.53 Å². The van der Waals surface area contributed by atoms with E-state index in [1.165, 1.54) is 0 Å². The molecule has 0 bridgehead atoms. The molecular weight excluding hydrogens is 338 g/mol. The summed E-state index contributed by atoms with van der Waals surface area (Å²) in [6.45, 7) is 1.64. The first-order valence-corrected chi connectivity index (χ1v) is 9.63. The summed E-state index contributed by atoms with van der Waals surface area (Å²) in [7, 11) is 1.87. The first-order chi connectivity index (χ1) is 13.2. The highest BCUT2D eigenvalue weighted by atomic mass is 16.5. The Morgan fingerprint density at radius 3 is 2.78 bits per heavy atom. The molecule has 2 heterocycles. The molecule has 1 amide bonds. The van der Waals surface area contributed by atoms with E-state index in [2.05, 4.69) is 9.97 Å². The number of H-pyrrole nitrogens is 1. The van der Waals surface area contributed by atoms with E-state index in [-0.39, 0.29) is 5.91 Å². The van der Waals surface area contributed by atoms with Gasteiger partial charge in [-0.1, -0.05) is 24.3 Å². The van der Waals surface area contributed by atoms with E-state index in [1.54, 1.807) is 4.90 Å². The lowest BCUT2D eigenvalue weighted by atomic mass is 10.1. The van der Waals surface area contributed by atoms with Gasteiger partial charge in [0.05, 0.1) is 17.1 Å². The molecule has 4 rings (SSSR count). The predicted molar refractivity (Wildman–Crippen MR) is 107 cm³/mol. The number of hydrogen-bond acceptors (Lipinski definition) is 3. The lowest BCUT2D eigenvalue weighted by molar-refractivity contribution is 0.0763. The maximum atomic E-state index is 12.6. The molecule has 0 unspecified atom stereocenters. The Morgan fingerprint density at radius 2 is 2.04 bits per heavy atom. The SMILES string of the molecule is CN(CCC[C@H]1CCCO1)C(=O)c1ccc(-c2nc3ccccc3[nH]2)cc1. The Morgan fingerprint density at radius 1 is 1.22 bits per heavy atom. The maximum Gasteiger partial charge on any atom is 0.253 e. The minimum Gasteiger partial charge on any atom is -0.378 e. The molecule has 1 saturated heterocycles. The summed E-state index contributed by atoms with van der Waals surface area (Å²) in [5.74, 6) is 0.874. The van der Waals surface area contributed by atoms with Gasteiger partial charge in [0.2, 0.25) is 0 Å². The van der Waals surface area contributed by atoms with Crippen molar-refractivity contribution in [1.82, 2.24) is 14.9 Å². The minimum absolute atomic E-state index is 0.0542. The van der Waals surface area contributed by atoms with Crippen molar-refractivity contribution in [1.29, 1.82) is 0 Å². The van der Waals surface area contributed by atoms with Gasteiger partial charge < -0.3 is 14.6 Å². The van der Waals surface area contributed by atoms with E-state index in [0.717, 1.165) is 61.3 Å². The van der Waals surface area contributed by atoms with Crippen LogP contribution in [0.1, 0.15) is 36.0 Å². The van der Waals surface area contributed by atoms with Gasteiger partial charge in [-0.25, -0.2) is 4.98 Å². The molecule has 1 aliphatic heterocycles. The lowest BCUT2D eigenvalue weighted by Crippen LogP contribution is -2.28. The summed E-state index contributed by atoms with van der Waals surface area (Å²) in [4.78, 5) is 22.4. The van der Waals surface area contributed by atoms with Gasteiger partial charge in [-0.2, -0.15) is 0 Å². The Balaban J connectivity index is 1.37. The van der Waals surface area contributed by atoms with Crippen molar-refractivity contribution in [3.8, 4) is 11.4 Å². The van der Waals surface area contributed by atoms with E-state index in [9.17, 15) is 4.79 Å². The topological polar surface area (TPSA) is 58.2 Å². The number of aromatic amines is 1. The number of imidazole rings is 1. The monoisotopic (exact) mass is 363 g/mol. The predicted octanol–water partition coefficient (Wildman–Crippen LogP) is 4.26. The molecule has 3 aromatic rings. The van der Waals surface area contributed by atoms with Crippen molar-refractivity contribution in [3.05, 3.63) is 54.1 Å². The van der Waals surface area contributed by atoms with Crippen LogP contribution < -0.4 is 0 Å². The molecule has 2 aromatic carbocycles. The first-order valence-electron chi connectivity index (χ1n) is 9.63. The third-order valence-corrected chi connectivity index (χ3v) is 5.18. The highest BCUT2D eigenvalue weighted by Gasteiger charge is 2.17. The maximum absolute atomic E-state index is 12.6. The van der Waals surface area contributed by atoms with E-state index in [1.807, 2.05) is 55.6 Å². The molecule has 0 radical (unpaired) electrons. The van der Waals surface area contributed by atoms with Crippen molar-refractivity contribution in [2.24, 2.45) is 0 Å². The van der Waals surface area contributed by atoms with Crippen molar-refractivity contribution in [3.63, 3.8) is 0 Å². The van der Waals surface area contributed by atoms with E-state index in [4.69, 9.17) is 4.74 Å². The average molecular weight is 363 g/mol. The van der Waals surface area contributed by atoms with Gasteiger partial charge in [0.25, 0.3) is 5.91 Å². The van der Waals surface area contributed by atoms with Crippen LogP contribution in [0.5, 0.6) is 0 Å². The number of nitrogens with zero attached hydrogens (tertiary/aromatic N) is 2. The molecule has 1 aromatic heterocycles. The number of hydrogen-bond donors (Lipinski definition) is 1. The number of para-hydroxylation sites is 2. The number of nitrogens with one attached hydrogen (secondary N) is 1. The first kappa shape index (κ1) is 17.7. The van der Waals surface area contributed by atoms with Gasteiger partial charge in [-0.15, -0.1) is 0 Å². The van der Waals surface area contributed by atoms with Crippen molar-refractivity contribution >= 4 is 16.9 Å². The van der Waals surface area contributed by atoms with Gasteiger partial charge in [0.15, 0.2) is 0 Å². The van der Waals surface area contributed by atoms with Crippen LogP contribution in [0.2, 0.25) is 0 Å². The number of ether oxygens (including phenoxy) is 1. The molecule has 5 heteroatoms. The van der Waals surface area contributed by atoms with Gasteiger partial charge in [-0.05, 0) is 49.9 Å². The molecule has 1 atom stereocenters. The molecule has 1 aliphatic rings. The van der Waals surface area contributed by atoms with Crippen LogP contribution in [0.25, 0.3) is 22.4 Å². The van der Waals surface area contributed by atoms with E-state index < -0.39 is 0 Å². The number of carbonyl (C=O) groups excluding carboxylic acids is 1. The van der Waals surface area contributed by atoms with E-state index >= 15 is 0 Å². The summed E-state index contributed by atoms with van der Waals surface area (Å²) in [6.07, 6.45) is 4.71. The Bertz CT molecular complexity index is 878. The molecule has 140 valence electrons. The Hall–Kier alpha value is -2.66. The van der Waals surface area contributed by atoms with E-state index in [0.29, 0.717) is 11.7 Å². The van der Waals surface area contributed by atoms with Crippen LogP contribution in [0.15, 0.2) is 48.5 Å². The number of amides is 1. The third kappa shape index (κ3) is 4.03. The number of fused-ring (bicyclic) bond motifs is 1. The van der Waals surface area contributed by atoms with Gasteiger partial charge >= 0.3 is 0 Å². The van der Waals surface area contributed by atoms with Crippen LogP contribution in [-0.4, -0.2) is 47.1 Å². The quantitative estimate of drug-likeness (QED) is 0.712. The smallest absolute Gasteiger partial charge is 0.253 e. The Kier molecular flexibility index (Phi) is 5.21. The summed E-state index contributed by atoms with van der Waals surface area (Å²) in [5.41, 5.74) is 3.63. The van der Waals surface area contributed by atoms with Crippen LogP contribution in [0, 0.1) is 0 Å².